The van der Waals surface area contributed by atoms with Gasteiger partial charge in [0.05, 0.1) is 17.4 Å². The molecule has 0 aliphatic rings. The summed E-state index contributed by atoms with van der Waals surface area (Å²) in [6.45, 7) is 9.62. The lowest BCUT2D eigenvalue weighted by molar-refractivity contribution is 0.506. The summed E-state index contributed by atoms with van der Waals surface area (Å²) < 4.78 is 2.03. The van der Waals surface area contributed by atoms with Crippen molar-refractivity contribution in [2.24, 2.45) is 7.05 Å². The lowest BCUT2D eigenvalue weighted by Crippen LogP contribution is -2.25. The maximum Gasteiger partial charge on any atom is 0.0625 e. The van der Waals surface area contributed by atoms with Crippen LogP contribution in [0.25, 0.3) is 0 Å². The van der Waals surface area contributed by atoms with Gasteiger partial charge in [-0.2, -0.15) is 5.10 Å². The molecule has 0 saturated heterocycles. The van der Waals surface area contributed by atoms with Crippen LogP contribution < -0.4 is 5.32 Å². The van der Waals surface area contributed by atoms with E-state index in [2.05, 4.69) is 62.4 Å². The predicted molar refractivity (Wildman–Crippen MR) is 88.6 cm³/mol. The Labute approximate surface area is 128 Å². The van der Waals surface area contributed by atoms with Gasteiger partial charge in [-0.25, -0.2) is 0 Å². The van der Waals surface area contributed by atoms with Gasteiger partial charge in [-0.05, 0) is 50.4 Å². The zero-order chi connectivity index (χ0) is 15.4. The van der Waals surface area contributed by atoms with E-state index in [0.717, 1.165) is 25.1 Å². The van der Waals surface area contributed by atoms with Crippen molar-refractivity contribution in [1.82, 2.24) is 15.1 Å². The fraction of sp³-hybridized carbons (Fsp3) is 0.500. The topological polar surface area (TPSA) is 29.9 Å². The molecule has 1 atom stereocenters. The monoisotopic (exact) mass is 285 g/mol. The first-order valence-corrected chi connectivity index (χ1v) is 7.87. The Morgan fingerprint density at radius 3 is 2.57 bits per heavy atom. The van der Waals surface area contributed by atoms with E-state index in [4.69, 9.17) is 0 Å². The van der Waals surface area contributed by atoms with Crippen LogP contribution in [0, 0.1) is 13.8 Å². The molecule has 1 unspecified atom stereocenters. The van der Waals surface area contributed by atoms with Gasteiger partial charge in [0.1, 0.15) is 0 Å². The molecule has 2 aromatic rings. The Kier molecular flexibility index (Phi) is 5.18. The maximum atomic E-state index is 4.59. The number of benzene rings is 1. The van der Waals surface area contributed by atoms with E-state index in [-0.39, 0.29) is 0 Å². The number of likely N-dealkylation sites (N-methyl/N-ethyl adjacent to an activating group) is 1. The lowest BCUT2D eigenvalue weighted by atomic mass is 9.97. The third-order valence-electron chi connectivity index (χ3n) is 4.07. The molecule has 3 heteroatoms. The van der Waals surface area contributed by atoms with Crippen molar-refractivity contribution in [3.63, 3.8) is 0 Å². The van der Waals surface area contributed by atoms with Crippen LogP contribution in [-0.2, 0) is 19.9 Å². The first-order chi connectivity index (χ1) is 10.0. The molecule has 1 aromatic heterocycles. The number of rotatable bonds is 6. The van der Waals surface area contributed by atoms with Gasteiger partial charge in [0, 0.05) is 7.05 Å². The molecule has 114 valence electrons. The van der Waals surface area contributed by atoms with Gasteiger partial charge in [0.25, 0.3) is 0 Å². The summed E-state index contributed by atoms with van der Waals surface area (Å²) in [7, 11) is 2.04. The van der Waals surface area contributed by atoms with Gasteiger partial charge in [-0.1, -0.05) is 37.6 Å². The highest BCUT2D eigenvalue weighted by Crippen LogP contribution is 2.22. The second-order valence-corrected chi connectivity index (χ2v) is 5.78. The van der Waals surface area contributed by atoms with Gasteiger partial charge >= 0.3 is 0 Å². The van der Waals surface area contributed by atoms with Crippen LogP contribution in [0.15, 0.2) is 24.3 Å². The fourth-order valence-corrected chi connectivity index (χ4v) is 2.81. The highest BCUT2D eigenvalue weighted by atomic mass is 15.3. The summed E-state index contributed by atoms with van der Waals surface area (Å²) in [5.41, 5.74) is 6.54. The number of aromatic nitrogens is 2. The molecular weight excluding hydrogens is 258 g/mol. The average molecular weight is 285 g/mol. The Morgan fingerprint density at radius 1 is 1.19 bits per heavy atom. The van der Waals surface area contributed by atoms with Gasteiger partial charge in [-0.3, -0.25) is 4.68 Å². The molecule has 0 amide bonds. The van der Waals surface area contributed by atoms with Crippen molar-refractivity contribution in [2.45, 2.75) is 46.6 Å². The molecule has 0 bridgehead atoms. The summed E-state index contributed by atoms with van der Waals surface area (Å²) >= 11 is 0. The van der Waals surface area contributed by atoms with Crippen LogP contribution in [0.5, 0.6) is 0 Å². The number of nitrogens with zero attached hydrogens (tertiary/aromatic N) is 2. The van der Waals surface area contributed by atoms with E-state index >= 15 is 0 Å². The van der Waals surface area contributed by atoms with Crippen LogP contribution >= 0.6 is 0 Å². The first kappa shape index (κ1) is 15.8. The second kappa shape index (κ2) is 6.90. The van der Waals surface area contributed by atoms with Gasteiger partial charge in [0.2, 0.25) is 0 Å². The van der Waals surface area contributed by atoms with Crippen LogP contribution in [-0.4, -0.2) is 16.3 Å². The Balaban J connectivity index is 2.30. The zero-order valence-electron chi connectivity index (χ0n) is 13.9. The third kappa shape index (κ3) is 3.73. The molecule has 3 nitrogen and oxygen atoms in total. The molecule has 0 aliphatic carbocycles. The standard InChI is InChI=1S/C18H27N3/c1-6-16-12-18(21(5)20-16)17(19-7-2)11-15-10-13(3)8-9-14(15)4/h8-10,12,17,19H,6-7,11H2,1-5H3. The SMILES string of the molecule is CCNC(Cc1cc(C)ccc1C)c1cc(CC)nn1C. The summed E-state index contributed by atoms with van der Waals surface area (Å²) in [6, 6.07) is 9.25. The zero-order valence-corrected chi connectivity index (χ0v) is 13.9. The molecule has 1 aromatic carbocycles. The van der Waals surface area contributed by atoms with Crippen LogP contribution in [0.1, 0.15) is 48.0 Å². The van der Waals surface area contributed by atoms with Crippen molar-refractivity contribution in [1.29, 1.82) is 0 Å². The van der Waals surface area contributed by atoms with E-state index in [9.17, 15) is 0 Å². The predicted octanol–water partition coefficient (Wildman–Crippen LogP) is 3.49. The Hall–Kier alpha value is -1.61. The Bertz CT molecular complexity index is 599. The summed E-state index contributed by atoms with van der Waals surface area (Å²) in [5.74, 6) is 0. The quantitative estimate of drug-likeness (QED) is 0.880. The van der Waals surface area contributed by atoms with Crippen molar-refractivity contribution in [3.8, 4) is 0 Å². The molecule has 2 rings (SSSR count). The van der Waals surface area contributed by atoms with E-state index in [0.29, 0.717) is 6.04 Å². The lowest BCUT2D eigenvalue weighted by Gasteiger charge is -2.19. The highest BCUT2D eigenvalue weighted by Gasteiger charge is 2.17. The van der Waals surface area contributed by atoms with Crippen LogP contribution in [0.2, 0.25) is 0 Å². The summed E-state index contributed by atoms with van der Waals surface area (Å²) in [5, 5.41) is 8.20. The highest BCUT2D eigenvalue weighted by molar-refractivity contribution is 5.32. The Morgan fingerprint density at radius 2 is 1.95 bits per heavy atom. The molecule has 1 N–H and O–H groups in total. The molecule has 0 fully saturated rings. The average Bonchev–Trinajstić information content (AvgIpc) is 2.83. The smallest absolute Gasteiger partial charge is 0.0625 e. The number of hydrogen-bond donors (Lipinski definition) is 1. The molecule has 0 saturated carbocycles. The van der Waals surface area contributed by atoms with Gasteiger partial charge in [0.15, 0.2) is 0 Å². The minimum atomic E-state index is 0.313. The number of aryl methyl sites for hydroxylation is 4. The van der Waals surface area contributed by atoms with Crippen molar-refractivity contribution in [2.75, 3.05) is 6.54 Å². The van der Waals surface area contributed by atoms with Crippen LogP contribution in [0.3, 0.4) is 0 Å². The number of nitrogens with one attached hydrogen (secondary N) is 1. The van der Waals surface area contributed by atoms with Crippen molar-refractivity contribution < 1.29 is 0 Å². The second-order valence-electron chi connectivity index (χ2n) is 5.78. The largest absolute Gasteiger partial charge is 0.309 e. The van der Waals surface area contributed by atoms with E-state index in [1.807, 2.05) is 11.7 Å². The summed E-state index contributed by atoms with van der Waals surface area (Å²) in [4.78, 5) is 0. The van der Waals surface area contributed by atoms with Crippen molar-refractivity contribution >= 4 is 0 Å². The molecule has 0 radical (unpaired) electrons. The normalized spacial score (nSPS) is 12.6. The number of hydrogen-bond acceptors (Lipinski definition) is 2. The molecule has 0 spiro atoms. The van der Waals surface area contributed by atoms with Gasteiger partial charge in [-0.15, -0.1) is 0 Å². The maximum absolute atomic E-state index is 4.59. The molecular formula is C18H27N3. The molecule has 0 aliphatic heterocycles. The van der Waals surface area contributed by atoms with Gasteiger partial charge < -0.3 is 5.32 Å². The van der Waals surface area contributed by atoms with E-state index in [1.54, 1.807) is 0 Å². The van der Waals surface area contributed by atoms with Crippen molar-refractivity contribution in [3.05, 3.63) is 52.3 Å². The third-order valence-corrected chi connectivity index (χ3v) is 4.07. The molecule has 1 heterocycles. The fourth-order valence-electron chi connectivity index (χ4n) is 2.81. The van der Waals surface area contributed by atoms with E-state index in [1.165, 1.54) is 22.4 Å². The van der Waals surface area contributed by atoms with Crippen LogP contribution in [0.4, 0.5) is 0 Å². The minimum Gasteiger partial charge on any atom is -0.309 e. The summed E-state index contributed by atoms with van der Waals surface area (Å²) in [6.07, 6.45) is 1.99. The minimum absolute atomic E-state index is 0.313. The first-order valence-electron chi connectivity index (χ1n) is 7.87. The molecule has 21 heavy (non-hydrogen) atoms. The van der Waals surface area contributed by atoms with E-state index < -0.39 is 0 Å².